The van der Waals surface area contributed by atoms with E-state index in [1.807, 2.05) is 20.8 Å². The number of nitrogens with two attached hydrogens (primary N) is 2. The van der Waals surface area contributed by atoms with Crippen molar-refractivity contribution in [3.05, 3.63) is 23.8 Å². The lowest BCUT2D eigenvalue weighted by atomic mass is 9.98. The van der Waals surface area contributed by atoms with Gasteiger partial charge in [-0.15, -0.1) is 0 Å². The molecule has 6 heteroatoms. The first kappa shape index (κ1) is 15.8. The Morgan fingerprint density at radius 3 is 2.50 bits per heavy atom. The van der Waals surface area contributed by atoms with E-state index in [0.717, 1.165) is 0 Å². The zero-order valence-corrected chi connectivity index (χ0v) is 12.1. The zero-order chi connectivity index (χ0) is 15.3. The number of nitrogens with one attached hydrogen (secondary N) is 2. The number of amides is 2. The molecule has 110 valence electrons. The number of carbonyl (C=O) groups excluding carboxylic acids is 2. The molecule has 1 aromatic carbocycles. The molecule has 0 aliphatic heterocycles. The number of rotatable bonds is 6. The minimum atomic E-state index is -0.569. The zero-order valence-electron chi connectivity index (χ0n) is 12.1. The summed E-state index contributed by atoms with van der Waals surface area (Å²) in [5.41, 5.74) is 12.0. The molecule has 6 N–H and O–H groups in total. The first-order valence-electron chi connectivity index (χ1n) is 6.49. The van der Waals surface area contributed by atoms with Crippen molar-refractivity contribution >= 4 is 23.2 Å². The number of primary amides is 1. The standard InChI is InChI=1S/C14H22N4O2/c1-4-17-13(20)10-6-5-9(15)7-11(10)18-14(2,3)8-12(16)19/h5-7,18H,4,8,15H2,1-3H3,(H2,16,19)(H,17,20). The molecule has 0 aromatic heterocycles. The van der Waals surface area contributed by atoms with Gasteiger partial charge >= 0.3 is 0 Å². The van der Waals surface area contributed by atoms with E-state index >= 15 is 0 Å². The summed E-state index contributed by atoms with van der Waals surface area (Å²) in [5.74, 6) is -0.601. The molecule has 0 fully saturated rings. The Hall–Kier alpha value is -2.24. The topological polar surface area (TPSA) is 110 Å². The average molecular weight is 278 g/mol. The highest BCUT2D eigenvalue weighted by Gasteiger charge is 2.23. The maximum atomic E-state index is 12.0. The second-order valence-electron chi connectivity index (χ2n) is 5.32. The summed E-state index contributed by atoms with van der Waals surface area (Å²) in [6.45, 7) is 6.05. The number of benzene rings is 1. The van der Waals surface area contributed by atoms with Crippen molar-refractivity contribution < 1.29 is 9.59 Å². The van der Waals surface area contributed by atoms with Crippen molar-refractivity contribution in [1.29, 1.82) is 0 Å². The van der Waals surface area contributed by atoms with E-state index in [9.17, 15) is 9.59 Å². The van der Waals surface area contributed by atoms with Gasteiger partial charge in [-0.25, -0.2) is 0 Å². The molecule has 6 nitrogen and oxygen atoms in total. The van der Waals surface area contributed by atoms with Crippen molar-refractivity contribution in [2.45, 2.75) is 32.7 Å². The molecule has 0 radical (unpaired) electrons. The molecule has 20 heavy (non-hydrogen) atoms. The normalized spacial score (nSPS) is 10.9. The summed E-state index contributed by atoms with van der Waals surface area (Å²) in [4.78, 5) is 23.1. The van der Waals surface area contributed by atoms with Crippen molar-refractivity contribution in [3.63, 3.8) is 0 Å². The summed E-state index contributed by atoms with van der Waals surface area (Å²) < 4.78 is 0. The van der Waals surface area contributed by atoms with Crippen molar-refractivity contribution in [1.82, 2.24) is 5.32 Å². The van der Waals surface area contributed by atoms with Gasteiger partial charge in [0.1, 0.15) is 0 Å². The lowest BCUT2D eigenvalue weighted by Gasteiger charge is -2.27. The molecular formula is C14H22N4O2. The van der Waals surface area contributed by atoms with Crippen LogP contribution in [-0.4, -0.2) is 23.9 Å². The molecule has 0 atom stereocenters. The highest BCUT2D eigenvalue weighted by molar-refractivity contribution is 6.00. The Morgan fingerprint density at radius 1 is 1.30 bits per heavy atom. The van der Waals surface area contributed by atoms with Gasteiger partial charge in [0.05, 0.1) is 5.56 Å². The predicted molar refractivity (Wildman–Crippen MR) is 80.4 cm³/mol. The number of hydrogen-bond donors (Lipinski definition) is 4. The molecule has 0 saturated carbocycles. The van der Waals surface area contributed by atoms with Gasteiger partial charge in [-0.3, -0.25) is 9.59 Å². The Balaban J connectivity index is 3.06. The van der Waals surface area contributed by atoms with Crippen molar-refractivity contribution in [2.24, 2.45) is 5.73 Å². The molecule has 2 amide bonds. The minimum Gasteiger partial charge on any atom is -0.399 e. The SMILES string of the molecule is CCNC(=O)c1ccc(N)cc1NC(C)(C)CC(N)=O. The maximum Gasteiger partial charge on any atom is 0.253 e. The first-order chi connectivity index (χ1) is 9.25. The predicted octanol–water partition coefficient (Wildman–Crippen LogP) is 1.08. The van der Waals surface area contributed by atoms with Crippen LogP contribution in [0.5, 0.6) is 0 Å². The fraction of sp³-hybridized carbons (Fsp3) is 0.429. The summed E-state index contributed by atoms with van der Waals surface area (Å²) in [5, 5.41) is 5.89. The van der Waals surface area contributed by atoms with Gasteiger partial charge in [-0.05, 0) is 39.0 Å². The van der Waals surface area contributed by atoms with E-state index < -0.39 is 11.4 Å². The molecule has 0 aliphatic rings. The van der Waals surface area contributed by atoms with E-state index in [-0.39, 0.29) is 12.3 Å². The van der Waals surface area contributed by atoms with Gasteiger partial charge in [0, 0.05) is 29.9 Å². The van der Waals surface area contributed by atoms with Crippen LogP contribution in [0, 0.1) is 0 Å². The highest BCUT2D eigenvalue weighted by Crippen LogP contribution is 2.24. The second kappa shape index (κ2) is 6.27. The van der Waals surface area contributed by atoms with E-state index in [1.54, 1.807) is 18.2 Å². The lowest BCUT2D eigenvalue weighted by Crippen LogP contribution is -2.37. The Bertz CT molecular complexity index is 512. The molecule has 0 heterocycles. The van der Waals surface area contributed by atoms with Crippen LogP contribution in [-0.2, 0) is 4.79 Å². The number of anilines is 2. The van der Waals surface area contributed by atoms with Crippen LogP contribution in [0.2, 0.25) is 0 Å². The molecule has 0 aliphatic carbocycles. The first-order valence-corrected chi connectivity index (χ1v) is 6.49. The minimum absolute atomic E-state index is 0.149. The molecule has 1 aromatic rings. The molecule has 0 unspecified atom stereocenters. The van der Waals surface area contributed by atoms with E-state index in [4.69, 9.17) is 11.5 Å². The fourth-order valence-electron chi connectivity index (χ4n) is 1.96. The number of nitrogen functional groups attached to an aromatic ring is 1. The Morgan fingerprint density at radius 2 is 1.95 bits per heavy atom. The van der Waals surface area contributed by atoms with Crippen molar-refractivity contribution in [3.8, 4) is 0 Å². The van der Waals surface area contributed by atoms with Gasteiger partial charge in [-0.2, -0.15) is 0 Å². The lowest BCUT2D eigenvalue weighted by molar-refractivity contribution is -0.118. The maximum absolute atomic E-state index is 12.0. The molecule has 0 bridgehead atoms. The third-order valence-electron chi connectivity index (χ3n) is 2.71. The van der Waals surface area contributed by atoms with E-state index in [1.165, 1.54) is 0 Å². The summed E-state index contributed by atoms with van der Waals surface area (Å²) in [6, 6.07) is 4.99. The van der Waals surface area contributed by atoms with Gasteiger partial charge in [-0.1, -0.05) is 0 Å². The molecule has 0 saturated heterocycles. The molecule has 0 spiro atoms. The summed E-state index contributed by atoms with van der Waals surface area (Å²) in [7, 11) is 0. The second-order valence-corrected chi connectivity index (χ2v) is 5.32. The van der Waals surface area contributed by atoms with Gasteiger partial charge in [0.25, 0.3) is 5.91 Å². The van der Waals surface area contributed by atoms with Gasteiger partial charge in [0.2, 0.25) is 5.91 Å². The molecular weight excluding hydrogens is 256 g/mol. The van der Waals surface area contributed by atoms with Gasteiger partial charge < -0.3 is 22.1 Å². The van der Waals surface area contributed by atoms with E-state index in [0.29, 0.717) is 23.5 Å². The number of carbonyl (C=O) groups is 2. The summed E-state index contributed by atoms with van der Waals surface area (Å²) in [6.07, 6.45) is 0.149. The van der Waals surface area contributed by atoms with Crippen LogP contribution in [0.25, 0.3) is 0 Å². The highest BCUT2D eigenvalue weighted by atomic mass is 16.2. The Labute approximate surface area is 118 Å². The van der Waals surface area contributed by atoms with Crippen LogP contribution in [0.4, 0.5) is 11.4 Å². The molecule has 1 rings (SSSR count). The quantitative estimate of drug-likeness (QED) is 0.584. The van der Waals surface area contributed by atoms with Gasteiger partial charge in [0.15, 0.2) is 0 Å². The monoisotopic (exact) mass is 278 g/mol. The number of hydrogen-bond acceptors (Lipinski definition) is 4. The van der Waals surface area contributed by atoms with Crippen LogP contribution in [0.1, 0.15) is 37.6 Å². The van der Waals surface area contributed by atoms with Crippen LogP contribution >= 0.6 is 0 Å². The van der Waals surface area contributed by atoms with Crippen LogP contribution in [0.15, 0.2) is 18.2 Å². The van der Waals surface area contributed by atoms with Crippen molar-refractivity contribution in [2.75, 3.05) is 17.6 Å². The van der Waals surface area contributed by atoms with Crippen LogP contribution < -0.4 is 22.1 Å². The fourth-order valence-corrected chi connectivity index (χ4v) is 1.96. The largest absolute Gasteiger partial charge is 0.399 e. The smallest absolute Gasteiger partial charge is 0.253 e. The Kier molecular flexibility index (Phi) is 4.96. The summed E-state index contributed by atoms with van der Waals surface area (Å²) >= 11 is 0. The third kappa shape index (κ3) is 4.46. The van der Waals surface area contributed by atoms with Crippen LogP contribution in [0.3, 0.4) is 0 Å². The van der Waals surface area contributed by atoms with E-state index in [2.05, 4.69) is 10.6 Å². The third-order valence-corrected chi connectivity index (χ3v) is 2.71. The average Bonchev–Trinajstić information content (AvgIpc) is 2.26.